The first-order valence-corrected chi connectivity index (χ1v) is 12.7. The number of carboxylic acids is 2. The summed E-state index contributed by atoms with van der Waals surface area (Å²) in [6.07, 6.45) is 2.83. The van der Waals surface area contributed by atoms with E-state index in [9.17, 15) is 29.4 Å². The van der Waals surface area contributed by atoms with Crippen LogP contribution in [0.15, 0.2) is 0 Å². The zero-order chi connectivity index (χ0) is 24.9. The van der Waals surface area contributed by atoms with Crippen molar-refractivity contribution in [2.75, 3.05) is 24.6 Å². The van der Waals surface area contributed by atoms with Crippen molar-refractivity contribution in [3.8, 4) is 0 Å². The van der Waals surface area contributed by atoms with Gasteiger partial charge in [0.1, 0.15) is 0 Å². The van der Waals surface area contributed by atoms with Gasteiger partial charge in [-0.1, -0.05) is 34.4 Å². The van der Waals surface area contributed by atoms with E-state index >= 15 is 0 Å². The van der Waals surface area contributed by atoms with Crippen LogP contribution in [0.1, 0.15) is 38.5 Å². The van der Waals surface area contributed by atoms with Crippen molar-refractivity contribution in [3.63, 3.8) is 0 Å². The first kappa shape index (κ1) is 45.8. The molecule has 18 heteroatoms. The van der Waals surface area contributed by atoms with Crippen molar-refractivity contribution in [1.29, 1.82) is 0 Å². The summed E-state index contributed by atoms with van der Waals surface area (Å²) in [5, 5.41) is 19.0. The van der Waals surface area contributed by atoms with Crippen molar-refractivity contribution in [3.05, 3.63) is 0 Å². The molecule has 218 valence electrons. The van der Waals surface area contributed by atoms with Gasteiger partial charge >= 0.3 is 11.9 Å². The topological polar surface area (TPSA) is 265 Å². The summed E-state index contributed by atoms with van der Waals surface area (Å²) < 4.78 is 0. The Hall–Kier alpha value is -0.100. The minimum absolute atomic E-state index is 0. The molecule has 0 saturated heterocycles. The second-order valence-electron chi connectivity index (χ2n) is 7.59. The minimum atomic E-state index is -2.27. The maximum Gasteiger partial charge on any atom is 0.332 e. The predicted molar refractivity (Wildman–Crippen MR) is 155 cm³/mol. The quantitative estimate of drug-likeness (QED) is 0.0510. The van der Waals surface area contributed by atoms with Gasteiger partial charge in [0.25, 0.3) is 0 Å². The molecular weight excluding hydrogens is 602 g/mol. The number of ketones is 2. The molecule has 0 aromatic rings. The van der Waals surface area contributed by atoms with E-state index in [-0.39, 0.29) is 62.5 Å². The van der Waals surface area contributed by atoms with Gasteiger partial charge in [-0.3, -0.25) is 9.59 Å². The Morgan fingerprint density at radius 2 is 0.917 bits per heavy atom. The second-order valence-corrected chi connectivity index (χ2v) is 10.1. The van der Waals surface area contributed by atoms with Gasteiger partial charge in [0.05, 0.1) is 12.1 Å². The van der Waals surface area contributed by atoms with E-state index in [0.29, 0.717) is 38.8 Å². The first-order valence-electron chi connectivity index (χ1n) is 10.2. The molecule has 0 spiro atoms. The molecule has 0 aromatic carbocycles. The van der Waals surface area contributed by atoms with Crippen LogP contribution in [-0.2, 0) is 19.2 Å². The molecule has 12 nitrogen and oxygen atoms in total. The lowest BCUT2D eigenvalue weighted by molar-refractivity contribution is -0.149. The van der Waals surface area contributed by atoms with Crippen LogP contribution in [-0.4, -0.2) is 81.5 Å². The lowest BCUT2D eigenvalue weighted by atomic mass is 9.90. The van der Waals surface area contributed by atoms with Gasteiger partial charge in [-0.05, 0) is 38.8 Å². The summed E-state index contributed by atoms with van der Waals surface area (Å²) in [5.41, 5.74) is 29.5. The lowest BCUT2D eigenvalue weighted by Crippen LogP contribution is -2.62. The van der Waals surface area contributed by atoms with Gasteiger partial charge in [-0.25, -0.2) is 9.59 Å². The average Bonchev–Trinajstić information content (AvgIpc) is 2.74. The highest BCUT2D eigenvalue weighted by atomic mass is 35.5. The Morgan fingerprint density at radius 1 is 0.639 bits per heavy atom. The molecule has 0 heterocycles. The highest BCUT2D eigenvalue weighted by molar-refractivity contribution is 8.76. The summed E-state index contributed by atoms with van der Waals surface area (Å²) in [6, 6.07) is -2.15. The summed E-state index contributed by atoms with van der Waals surface area (Å²) in [7, 11) is 1.64. The SMILES string of the molecule is Cl.Cl.Cl.Cl.NCCCC[C@H](N)C(=O)C(N)(CSSCC(N)(C(=O)O)C(=O)[C@@H](N)CCCCN)C(=O)O. The van der Waals surface area contributed by atoms with Crippen LogP contribution < -0.4 is 34.4 Å². The fourth-order valence-corrected chi connectivity index (χ4v) is 5.37. The zero-order valence-corrected chi connectivity index (χ0v) is 24.6. The van der Waals surface area contributed by atoms with Gasteiger partial charge in [0, 0.05) is 11.5 Å². The monoisotopic (exact) mass is 640 g/mol. The molecule has 0 aliphatic heterocycles. The van der Waals surface area contributed by atoms with E-state index in [1.54, 1.807) is 0 Å². The molecule has 0 bridgehead atoms. The molecule has 14 N–H and O–H groups in total. The van der Waals surface area contributed by atoms with Crippen molar-refractivity contribution < 1.29 is 29.4 Å². The zero-order valence-electron chi connectivity index (χ0n) is 19.7. The maximum atomic E-state index is 12.5. The van der Waals surface area contributed by atoms with Crippen LogP contribution in [0.25, 0.3) is 0 Å². The van der Waals surface area contributed by atoms with Crippen molar-refractivity contribution in [2.45, 2.75) is 61.7 Å². The average molecular weight is 642 g/mol. The van der Waals surface area contributed by atoms with Crippen LogP contribution in [0.5, 0.6) is 0 Å². The number of Topliss-reactive ketones (excluding diaryl/α,β-unsaturated/α-hetero) is 2. The minimum Gasteiger partial charge on any atom is -0.480 e. The number of hydrogen-bond donors (Lipinski definition) is 8. The molecular formula is C18H40Cl4N6O6S2. The first-order chi connectivity index (χ1) is 14.9. The molecule has 4 atom stereocenters. The number of halogens is 4. The number of carbonyl (C=O) groups excluding carboxylic acids is 2. The standard InChI is InChI=1S/C18H36N6O6S2.4ClH/c19-7-3-1-5-11(21)13(25)17(23,15(27)28)9-31-32-10-18(24,16(29)30)14(26)12(22)6-2-4-8-20;;;;/h11-12H,1-10,19-24H2,(H,27,28)(H,29,30);4*1H/t11-,12-,17?,18?;;;;/m0..../s1. The van der Waals surface area contributed by atoms with Gasteiger partial charge in [0.2, 0.25) is 0 Å². The molecule has 0 saturated carbocycles. The van der Waals surface area contributed by atoms with E-state index in [1.165, 1.54) is 0 Å². The third-order valence-corrected chi connectivity index (χ3v) is 7.43. The molecule has 36 heavy (non-hydrogen) atoms. The summed E-state index contributed by atoms with van der Waals surface area (Å²) in [5.74, 6) is -5.60. The van der Waals surface area contributed by atoms with Gasteiger partial charge in [0.15, 0.2) is 22.6 Å². The molecule has 0 aliphatic carbocycles. The number of rotatable bonds is 19. The Kier molecular flexibility index (Phi) is 29.1. The molecule has 0 radical (unpaired) electrons. The Balaban J connectivity index is -0.000000801. The van der Waals surface area contributed by atoms with E-state index in [2.05, 4.69) is 0 Å². The summed E-state index contributed by atoms with van der Waals surface area (Å²) >= 11 is 0. The van der Waals surface area contributed by atoms with Crippen molar-refractivity contribution in [1.82, 2.24) is 0 Å². The van der Waals surface area contributed by atoms with Crippen LogP contribution in [0.3, 0.4) is 0 Å². The maximum absolute atomic E-state index is 12.5. The highest BCUT2D eigenvalue weighted by Crippen LogP contribution is 2.30. The highest BCUT2D eigenvalue weighted by Gasteiger charge is 2.46. The van der Waals surface area contributed by atoms with Gasteiger partial charge < -0.3 is 44.6 Å². The number of carbonyl (C=O) groups is 4. The number of aliphatic carboxylic acids is 2. The Labute approximate surface area is 243 Å². The molecule has 0 aliphatic rings. The molecule has 0 amide bonds. The largest absolute Gasteiger partial charge is 0.480 e. The summed E-state index contributed by atoms with van der Waals surface area (Å²) in [4.78, 5) is 48.4. The number of unbranched alkanes of at least 4 members (excludes halogenated alkanes) is 2. The van der Waals surface area contributed by atoms with Crippen LogP contribution >= 0.6 is 71.2 Å². The second kappa shape index (κ2) is 22.8. The third-order valence-electron chi connectivity index (χ3n) is 4.91. The fraction of sp³-hybridized carbons (Fsp3) is 0.778. The summed E-state index contributed by atoms with van der Waals surface area (Å²) in [6.45, 7) is 0.833. The Bertz CT molecular complexity index is 622. The lowest BCUT2D eigenvalue weighted by Gasteiger charge is -2.28. The smallest absolute Gasteiger partial charge is 0.332 e. The van der Waals surface area contributed by atoms with E-state index in [4.69, 9.17) is 34.4 Å². The van der Waals surface area contributed by atoms with Gasteiger partial charge in [-0.2, -0.15) is 0 Å². The normalized spacial score (nSPS) is 15.2. The number of nitrogens with two attached hydrogens (primary N) is 6. The van der Waals surface area contributed by atoms with Crippen LogP contribution in [0.2, 0.25) is 0 Å². The molecule has 2 unspecified atom stereocenters. The van der Waals surface area contributed by atoms with Gasteiger partial charge in [-0.15, -0.1) is 49.6 Å². The molecule has 0 aromatic heterocycles. The predicted octanol–water partition coefficient (Wildman–Crippen LogP) is -0.330. The number of hydrogen-bond acceptors (Lipinski definition) is 12. The van der Waals surface area contributed by atoms with Crippen molar-refractivity contribution >= 4 is 94.7 Å². The van der Waals surface area contributed by atoms with E-state index < -0.39 is 58.2 Å². The van der Waals surface area contributed by atoms with E-state index in [0.717, 1.165) is 21.6 Å². The number of carboxylic acid groups (broad SMARTS) is 2. The fourth-order valence-electron chi connectivity index (χ4n) is 2.69. The van der Waals surface area contributed by atoms with E-state index in [1.807, 2.05) is 0 Å². The Morgan fingerprint density at radius 3 is 1.14 bits per heavy atom. The molecule has 0 fully saturated rings. The van der Waals surface area contributed by atoms with Crippen LogP contribution in [0.4, 0.5) is 0 Å². The van der Waals surface area contributed by atoms with Crippen molar-refractivity contribution in [2.24, 2.45) is 34.4 Å². The molecule has 0 rings (SSSR count). The van der Waals surface area contributed by atoms with Crippen LogP contribution in [0, 0.1) is 0 Å². The third kappa shape index (κ3) is 14.2.